The van der Waals surface area contributed by atoms with Gasteiger partial charge in [-0.15, -0.1) is 0 Å². The molecule has 1 aromatic heterocycles. The van der Waals surface area contributed by atoms with Gasteiger partial charge in [-0.25, -0.2) is 4.79 Å². The first-order chi connectivity index (χ1) is 9.96. The van der Waals surface area contributed by atoms with Gasteiger partial charge in [-0.1, -0.05) is 13.8 Å². The molecule has 0 aliphatic carbocycles. The Balaban J connectivity index is 2.49. The monoisotopic (exact) mass is 296 g/mol. The smallest absolute Gasteiger partial charge is 0.315 e. The molecular formula is C15H28N4O2. The van der Waals surface area contributed by atoms with E-state index in [2.05, 4.69) is 29.6 Å². The number of nitrogens with one attached hydrogen (secondary N) is 2. The fourth-order valence-electron chi connectivity index (χ4n) is 2.44. The van der Waals surface area contributed by atoms with Gasteiger partial charge >= 0.3 is 6.03 Å². The lowest BCUT2D eigenvalue weighted by Crippen LogP contribution is -2.43. The summed E-state index contributed by atoms with van der Waals surface area (Å²) in [6.45, 7) is 6.84. The minimum absolute atomic E-state index is 0.0242. The number of amides is 2. The second kappa shape index (κ2) is 8.02. The highest BCUT2D eigenvalue weighted by Gasteiger charge is 2.26. The molecule has 0 bridgehead atoms. The molecule has 1 aromatic rings. The van der Waals surface area contributed by atoms with E-state index in [-0.39, 0.29) is 24.1 Å². The van der Waals surface area contributed by atoms with Crippen LogP contribution in [0.5, 0.6) is 0 Å². The second-order valence-corrected chi connectivity index (χ2v) is 5.68. The molecule has 1 rings (SSSR count). The zero-order chi connectivity index (χ0) is 15.9. The fourth-order valence-corrected chi connectivity index (χ4v) is 2.44. The van der Waals surface area contributed by atoms with Crippen molar-refractivity contribution < 1.29 is 9.90 Å². The highest BCUT2D eigenvalue weighted by atomic mass is 16.3. The fraction of sp³-hybridized carbons (Fsp3) is 0.733. The molecule has 0 spiro atoms. The van der Waals surface area contributed by atoms with Crippen molar-refractivity contribution in [3.8, 4) is 0 Å². The number of aromatic nitrogens is 2. The van der Waals surface area contributed by atoms with Gasteiger partial charge in [-0.05, 0) is 31.6 Å². The van der Waals surface area contributed by atoms with Crippen molar-refractivity contribution in [1.82, 2.24) is 20.4 Å². The summed E-state index contributed by atoms with van der Waals surface area (Å²) in [5.41, 5.74) is 0.948. The van der Waals surface area contributed by atoms with E-state index in [0.29, 0.717) is 13.0 Å². The lowest BCUT2D eigenvalue weighted by Gasteiger charge is -2.31. The maximum absolute atomic E-state index is 12.0. The molecule has 120 valence electrons. The van der Waals surface area contributed by atoms with Crippen LogP contribution in [0.15, 0.2) is 12.4 Å². The van der Waals surface area contributed by atoms with Crippen LogP contribution in [0.4, 0.5) is 4.79 Å². The molecular weight excluding hydrogens is 268 g/mol. The van der Waals surface area contributed by atoms with Gasteiger partial charge in [0.15, 0.2) is 0 Å². The Bertz CT molecular complexity index is 441. The summed E-state index contributed by atoms with van der Waals surface area (Å²) in [5.74, 6) is 0. The molecule has 0 saturated carbocycles. The van der Waals surface area contributed by atoms with Crippen molar-refractivity contribution in [2.75, 3.05) is 13.2 Å². The molecule has 0 saturated heterocycles. The van der Waals surface area contributed by atoms with Gasteiger partial charge < -0.3 is 15.7 Å². The van der Waals surface area contributed by atoms with Gasteiger partial charge in [0.05, 0.1) is 12.2 Å². The largest absolute Gasteiger partial charge is 0.396 e. The molecule has 0 aliphatic rings. The van der Waals surface area contributed by atoms with E-state index < -0.39 is 0 Å². The van der Waals surface area contributed by atoms with Crippen LogP contribution >= 0.6 is 0 Å². The molecule has 6 nitrogen and oxygen atoms in total. The van der Waals surface area contributed by atoms with Crippen LogP contribution in [0, 0.1) is 5.41 Å². The number of carbonyl (C=O) groups is 1. The predicted molar refractivity (Wildman–Crippen MR) is 82.9 cm³/mol. The normalized spacial score (nSPS) is 13.0. The number of rotatable bonds is 8. The summed E-state index contributed by atoms with van der Waals surface area (Å²) >= 11 is 0. The zero-order valence-corrected chi connectivity index (χ0v) is 13.5. The van der Waals surface area contributed by atoms with Crippen LogP contribution in [0.1, 0.15) is 51.6 Å². The Morgan fingerprint density at radius 3 is 2.62 bits per heavy atom. The Morgan fingerprint density at radius 2 is 2.14 bits per heavy atom. The molecule has 6 heteroatoms. The predicted octanol–water partition coefficient (Wildman–Crippen LogP) is 1.97. The minimum atomic E-state index is -0.185. The lowest BCUT2D eigenvalue weighted by molar-refractivity contribution is 0.163. The first-order valence-corrected chi connectivity index (χ1v) is 7.60. The molecule has 0 aromatic carbocycles. The quantitative estimate of drug-likeness (QED) is 0.686. The molecule has 1 unspecified atom stereocenters. The highest BCUT2D eigenvalue weighted by Crippen LogP contribution is 2.29. The van der Waals surface area contributed by atoms with Gasteiger partial charge in [0.1, 0.15) is 0 Å². The Morgan fingerprint density at radius 1 is 1.48 bits per heavy atom. The Labute approximate surface area is 126 Å². The summed E-state index contributed by atoms with van der Waals surface area (Å²) in [7, 11) is 1.85. The van der Waals surface area contributed by atoms with Gasteiger partial charge in [-0.3, -0.25) is 4.68 Å². The van der Waals surface area contributed by atoms with Crippen LogP contribution < -0.4 is 10.6 Å². The number of hydrogen-bond acceptors (Lipinski definition) is 3. The second-order valence-electron chi connectivity index (χ2n) is 5.68. The van der Waals surface area contributed by atoms with Crippen LogP contribution in [0.2, 0.25) is 0 Å². The summed E-state index contributed by atoms with van der Waals surface area (Å²) in [4.78, 5) is 12.0. The zero-order valence-electron chi connectivity index (χ0n) is 13.5. The minimum Gasteiger partial charge on any atom is -0.396 e. The van der Waals surface area contributed by atoms with E-state index in [1.807, 2.05) is 20.2 Å². The van der Waals surface area contributed by atoms with E-state index >= 15 is 0 Å². The highest BCUT2D eigenvalue weighted by molar-refractivity contribution is 5.74. The number of aliphatic hydroxyl groups excluding tert-OH is 1. The summed E-state index contributed by atoms with van der Waals surface area (Å²) in [5, 5.41) is 19.1. The topological polar surface area (TPSA) is 79.2 Å². The number of aryl methyl sites for hydroxylation is 1. The summed E-state index contributed by atoms with van der Waals surface area (Å²) in [6, 6.07) is -0.273. The number of hydrogen-bond donors (Lipinski definition) is 3. The van der Waals surface area contributed by atoms with Gasteiger partial charge in [0.2, 0.25) is 0 Å². The van der Waals surface area contributed by atoms with E-state index in [0.717, 1.165) is 18.4 Å². The summed E-state index contributed by atoms with van der Waals surface area (Å²) < 4.78 is 1.71. The van der Waals surface area contributed by atoms with Crippen molar-refractivity contribution in [1.29, 1.82) is 0 Å². The van der Waals surface area contributed by atoms with Gasteiger partial charge in [0, 0.05) is 32.0 Å². The molecule has 21 heavy (non-hydrogen) atoms. The maximum atomic E-state index is 12.0. The molecule has 1 heterocycles. The average molecular weight is 296 g/mol. The van der Waals surface area contributed by atoms with Crippen molar-refractivity contribution >= 4 is 6.03 Å². The third-order valence-corrected chi connectivity index (χ3v) is 4.34. The number of aliphatic hydroxyl groups is 1. The molecule has 0 radical (unpaired) electrons. The molecule has 3 N–H and O–H groups in total. The molecule has 0 fully saturated rings. The van der Waals surface area contributed by atoms with Gasteiger partial charge in [0.25, 0.3) is 0 Å². The lowest BCUT2D eigenvalue weighted by atomic mass is 9.79. The number of nitrogens with zero attached hydrogens (tertiary/aromatic N) is 2. The third-order valence-electron chi connectivity index (χ3n) is 4.34. The molecule has 1 atom stereocenters. The van der Waals surface area contributed by atoms with Crippen molar-refractivity contribution in [3.63, 3.8) is 0 Å². The Kier molecular flexibility index (Phi) is 6.68. The standard InChI is InChI=1S/C15H28N4O2/c1-5-15(6-2,7-8-20)11-16-14(21)18-12(3)13-9-17-19(4)10-13/h9-10,12,20H,5-8,11H2,1-4H3,(H2,16,18,21). The van der Waals surface area contributed by atoms with Crippen molar-refractivity contribution in [2.45, 2.75) is 46.1 Å². The van der Waals surface area contributed by atoms with Crippen LogP contribution in [0.3, 0.4) is 0 Å². The summed E-state index contributed by atoms with van der Waals surface area (Å²) in [6.07, 6.45) is 6.21. The first kappa shape index (κ1) is 17.5. The van der Waals surface area contributed by atoms with E-state index in [9.17, 15) is 9.90 Å². The van der Waals surface area contributed by atoms with Crippen molar-refractivity contribution in [3.05, 3.63) is 18.0 Å². The van der Waals surface area contributed by atoms with Crippen LogP contribution in [0.25, 0.3) is 0 Å². The van der Waals surface area contributed by atoms with E-state index in [1.54, 1.807) is 10.9 Å². The first-order valence-electron chi connectivity index (χ1n) is 7.60. The number of carbonyl (C=O) groups excluding carboxylic acids is 1. The van der Waals surface area contributed by atoms with E-state index in [1.165, 1.54) is 0 Å². The van der Waals surface area contributed by atoms with Crippen LogP contribution in [-0.4, -0.2) is 34.1 Å². The number of urea groups is 1. The SMILES string of the molecule is CCC(CC)(CCO)CNC(=O)NC(C)c1cnn(C)c1. The van der Waals surface area contributed by atoms with Crippen molar-refractivity contribution in [2.24, 2.45) is 12.5 Å². The third kappa shape index (κ3) is 5.04. The average Bonchev–Trinajstić information content (AvgIpc) is 2.90. The van der Waals surface area contributed by atoms with Gasteiger partial charge in [-0.2, -0.15) is 5.10 Å². The maximum Gasteiger partial charge on any atom is 0.315 e. The van der Waals surface area contributed by atoms with E-state index in [4.69, 9.17) is 0 Å². The molecule has 2 amide bonds. The molecule has 0 aliphatic heterocycles. The Hall–Kier alpha value is -1.56. The van der Waals surface area contributed by atoms with Crippen LogP contribution in [-0.2, 0) is 7.05 Å².